The van der Waals surface area contributed by atoms with E-state index in [1.165, 1.54) is 22.3 Å². The van der Waals surface area contributed by atoms with Crippen molar-refractivity contribution in [2.75, 3.05) is 0 Å². The van der Waals surface area contributed by atoms with Crippen molar-refractivity contribution in [3.05, 3.63) is 70.8 Å². The van der Waals surface area contributed by atoms with Crippen molar-refractivity contribution >= 4 is 6.03 Å². The Morgan fingerprint density at radius 1 is 0.840 bits per heavy atom. The van der Waals surface area contributed by atoms with Gasteiger partial charge in [-0.1, -0.05) is 59.7 Å². The van der Waals surface area contributed by atoms with Crippen LogP contribution < -0.4 is 21.5 Å². The Morgan fingerprint density at radius 3 is 1.72 bits per heavy atom. The molecule has 2 heterocycles. The molecule has 2 atom stereocenters. The van der Waals surface area contributed by atoms with Gasteiger partial charge in [-0.15, -0.1) is 0 Å². The van der Waals surface area contributed by atoms with Crippen molar-refractivity contribution in [1.29, 1.82) is 0 Å². The van der Waals surface area contributed by atoms with Crippen LogP contribution in [0.3, 0.4) is 0 Å². The van der Waals surface area contributed by atoms with Crippen molar-refractivity contribution in [3.8, 4) is 0 Å². The molecule has 2 amide bonds. The molecule has 2 aromatic rings. The highest BCUT2D eigenvalue weighted by molar-refractivity contribution is 5.76. The molecule has 2 aromatic carbocycles. The molecular formula is C20H24N4O. The highest BCUT2D eigenvalue weighted by Gasteiger charge is 2.45. The average Bonchev–Trinajstić information content (AvgIpc) is 2.95. The topological polar surface area (TPSA) is 65.2 Å². The first-order valence-electron chi connectivity index (χ1n) is 8.78. The minimum atomic E-state index is -0.437. The van der Waals surface area contributed by atoms with Gasteiger partial charge in [-0.05, 0) is 25.0 Å². The maximum atomic E-state index is 11.8. The lowest BCUT2D eigenvalue weighted by Gasteiger charge is -2.42. The summed E-state index contributed by atoms with van der Waals surface area (Å²) < 4.78 is 0. The number of hydrogen-bond acceptors (Lipinski definition) is 3. The number of urea groups is 1. The molecule has 25 heavy (non-hydrogen) atoms. The number of piperidine rings is 1. The summed E-state index contributed by atoms with van der Waals surface area (Å²) in [7, 11) is 0. The maximum Gasteiger partial charge on any atom is 0.330 e. The third-order valence-electron chi connectivity index (χ3n) is 5.24. The number of carbonyl (C=O) groups is 1. The Balaban J connectivity index is 1.66. The first kappa shape index (κ1) is 16.1. The van der Waals surface area contributed by atoms with E-state index in [9.17, 15) is 4.79 Å². The average molecular weight is 336 g/mol. The highest BCUT2D eigenvalue weighted by atomic mass is 16.2. The zero-order valence-corrected chi connectivity index (χ0v) is 14.6. The van der Waals surface area contributed by atoms with Gasteiger partial charge in [0.15, 0.2) is 0 Å². The molecule has 0 aromatic heterocycles. The van der Waals surface area contributed by atoms with Gasteiger partial charge in [-0.3, -0.25) is 5.43 Å². The summed E-state index contributed by atoms with van der Waals surface area (Å²) in [6.45, 7) is 4.19. The second kappa shape index (κ2) is 6.17. The second-order valence-corrected chi connectivity index (χ2v) is 7.29. The van der Waals surface area contributed by atoms with Gasteiger partial charge in [-0.2, -0.15) is 0 Å². The minimum absolute atomic E-state index is 0.160. The molecule has 2 fully saturated rings. The molecule has 2 unspecified atom stereocenters. The predicted molar refractivity (Wildman–Crippen MR) is 97.7 cm³/mol. The number of amides is 2. The van der Waals surface area contributed by atoms with Crippen LogP contribution in [0.5, 0.6) is 0 Å². The summed E-state index contributed by atoms with van der Waals surface area (Å²) in [4.78, 5) is 11.8. The van der Waals surface area contributed by atoms with E-state index in [0.29, 0.717) is 0 Å². The summed E-state index contributed by atoms with van der Waals surface area (Å²) in [5.41, 5.74) is 10.4. The lowest BCUT2D eigenvalue weighted by molar-refractivity contribution is 0.159. The SMILES string of the molecule is Cc1ccc(C2CC3(CC(c4ccc(C)cc4)N2)NNC(=O)N3)cc1. The van der Waals surface area contributed by atoms with Gasteiger partial charge in [0.1, 0.15) is 5.66 Å². The van der Waals surface area contributed by atoms with Crippen LogP contribution in [0.25, 0.3) is 0 Å². The standard InChI is InChI=1S/C20H24N4O/c1-13-3-7-15(8-4-13)17-11-20(22-19(25)23-24-20)12-18(21-17)16-9-5-14(2)6-10-16/h3-10,17-18,21,24H,11-12H2,1-2H3,(H2,22,23,25). The van der Waals surface area contributed by atoms with Crippen LogP contribution >= 0.6 is 0 Å². The summed E-state index contributed by atoms with van der Waals surface area (Å²) in [6, 6.07) is 17.4. The molecule has 5 nitrogen and oxygen atoms in total. The number of aryl methyl sites for hydroxylation is 2. The normalized spacial score (nSPS) is 28.6. The molecule has 130 valence electrons. The Labute approximate surface area is 148 Å². The van der Waals surface area contributed by atoms with Gasteiger partial charge in [0, 0.05) is 24.9 Å². The lowest BCUT2D eigenvalue weighted by Crippen LogP contribution is -2.58. The molecule has 1 spiro atoms. The second-order valence-electron chi connectivity index (χ2n) is 7.29. The Morgan fingerprint density at radius 2 is 1.32 bits per heavy atom. The van der Waals surface area contributed by atoms with Crippen LogP contribution in [0, 0.1) is 13.8 Å². The van der Waals surface area contributed by atoms with Gasteiger partial charge < -0.3 is 10.6 Å². The first-order valence-corrected chi connectivity index (χ1v) is 8.78. The molecule has 4 rings (SSSR count). The number of rotatable bonds is 2. The highest BCUT2D eigenvalue weighted by Crippen LogP contribution is 2.38. The van der Waals surface area contributed by atoms with Crippen LogP contribution in [0.15, 0.2) is 48.5 Å². The van der Waals surface area contributed by atoms with Crippen LogP contribution in [0.2, 0.25) is 0 Å². The Hall–Kier alpha value is -2.37. The molecule has 0 radical (unpaired) electrons. The minimum Gasteiger partial charge on any atom is -0.317 e. The van der Waals surface area contributed by atoms with Crippen molar-refractivity contribution in [1.82, 2.24) is 21.5 Å². The van der Waals surface area contributed by atoms with E-state index >= 15 is 0 Å². The zero-order chi connectivity index (χ0) is 17.4. The number of benzene rings is 2. The van der Waals surface area contributed by atoms with Crippen molar-refractivity contribution in [2.45, 2.75) is 44.4 Å². The van der Waals surface area contributed by atoms with Crippen molar-refractivity contribution in [2.24, 2.45) is 0 Å². The van der Waals surface area contributed by atoms with Crippen LogP contribution in [-0.2, 0) is 0 Å². The number of hydrogen-bond donors (Lipinski definition) is 4. The van der Waals surface area contributed by atoms with Gasteiger partial charge in [0.25, 0.3) is 0 Å². The van der Waals surface area contributed by atoms with E-state index in [4.69, 9.17) is 0 Å². The van der Waals surface area contributed by atoms with Gasteiger partial charge >= 0.3 is 6.03 Å². The van der Waals surface area contributed by atoms with Crippen LogP contribution in [0.1, 0.15) is 47.2 Å². The summed E-state index contributed by atoms with van der Waals surface area (Å²) in [5.74, 6) is 0. The molecular weight excluding hydrogens is 312 g/mol. The van der Waals surface area contributed by atoms with E-state index < -0.39 is 5.66 Å². The van der Waals surface area contributed by atoms with Crippen LogP contribution in [0.4, 0.5) is 4.79 Å². The van der Waals surface area contributed by atoms with Gasteiger partial charge in [0.2, 0.25) is 0 Å². The third-order valence-corrected chi connectivity index (χ3v) is 5.24. The Bertz CT molecular complexity index is 716. The Kier molecular flexibility index (Phi) is 3.98. The molecule has 2 saturated heterocycles. The van der Waals surface area contributed by atoms with E-state index in [0.717, 1.165) is 12.8 Å². The third kappa shape index (κ3) is 3.25. The molecule has 0 saturated carbocycles. The fourth-order valence-corrected chi connectivity index (χ4v) is 3.83. The van der Waals surface area contributed by atoms with E-state index in [1.807, 2.05) is 0 Å². The monoisotopic (exact) mass is 336 g/mol. The van der Waals surface area contributed by atoms with Crippen molar-refractivity contribution in [3.63, 3.8) is 0 Å². The van der Waals surface area contributed by atoms with Gasteiger partial charge in [0.05, 0.1) is 0 Å². The fourth-order valence-electron chi connectivity index (χ4n) is 3.83. The van der Waals surface area contributed by atoms with Gasteiger partial charge in [-0.25, -0.2) is 10.2 Å². The fraction of sp³-hybridized carbons (Fsp3) is 0.350. The largest absolute Gasteiger partial charge is 0.330 e. The van der Waals surface area contributed by atoms with Crippen LogP contribution in [-0.4, -0.2) is 11.7 Å². The molecule has 0 bridgehead atoms. The van der Waals surface area contributed by atoms with Crippen molar-refractivity contribution < 1.29 is 4.79 Å². The summed E-state index contributed by atoms with van der Waals surface area (Å²) in [5, 5.41) is 6.86. The van der Waals surface area contributed by atoms with E-state index in [-0.39, 0.29) is 18.1 Å². The van der Waals surface area contributed by atoms with E-state index in [1.54, 1.807) is 0 Å². The summed E-state index contributed by atoms with van der Waals surface area (Å²) >= 11 is 0. The number of nitrogens with one attached hydrogen (secondary N) is 4. The molecule has 2 aliphatic rings. The maximum absolute atomic E-state index is 11.8. The predicted octanol–water partition coefficient (Wildman–Crippen LogP) is 2.98. The number of carbonyl (C=O) groups excluding carboxylic acids is 1. The smallest absolute Gasteiger partial charge is 0.317 e. The quantitative estimate of drug-likeness (QED) is 0.682. The molecule has 4 N–H and O–H groups in total. The number of hydrazine groups is 1. The molecule has 5 heteroatoms. The summed E-state index contributed by atoms with van der Waals surface area (Å²) in [6.07, 6.45) is 1.58. The molecule has 0 aliphatic carbocycles. The zero-order valence-electron chi connectivity index (χ0n) is 14.6. The molecule has 2 aliphatic heterocycles. The lowest BCUT2D eigenvalue weighted by atomic mass is 9.82. The van der Waals surface area contributed by atoms with E-state index in [2.05, 4.69) is 83.9 Å². The first-order chi connectivity index (χ1) is 12.0.